The molecule has 0 radical (unpaired) electrons. The zero-order chi connectivity index (χ0) is 20.4. The normalized spacial score (nSPS) is 11.7. The molecule has 2 heterocycles. The number of hydrogen-bond acceptors (Lipinski definition) is 5. The predicted molar refractivity (Wildman–Crippen MR) is 103 cm³/mol. The monoisotopic (exact) mass is 395 g/mol. The van der Waals surface area contributed by atoms with Crippen molar-refractivity contribution in [2.24, 2.45) is 0 Å². The molecule has 9 heteroatoms. The van der Waals surface area contributed by atoms with E-state index < -0.39 is 11.7 Å². The second-order valence-corrected chi connectivity index (χ2v) is 6.71. The smallest absolute Gasteiger partial charge is 0.250 e. The highest BCUT2D eigenvalue weighted by Gasteiger charge is 2.30. The van der Waals surface area contributed by atoms with Crippen molar-refractivity contribution in [3.63, 3.8) is 0 Å². The molecule has 0 spiro atoms. The summed E-state index contributed by atoms with van der Waals surface area (Å²) < 4.78 is 28.6. The molecule has 0 aliphatic heterocycles. The maximum absolute atomic E-state index is 13.6. The van der Waals surface area contributed by atoms with E-state index in [2.05, 4.69) is 30.7 Å². The van der Waals surface area contributed by atoms with E-state index in [1.807, 2.05) is 55.5 Å². The average Bonchev–Trinajstić information content (AvgIpc) is 3.38. The summed E-state index contributed by atoms with van der Waals surface area (Å²) >= 11 is 0. The Labute approximate surface area is 165 Å². The molecule has 0 bridgehead atoms. The lowest BCUT2D eigenvalue weighted by Crippen LogP contribution is -2.10. The van der Waals surface area contributed by atoms with Crippen molar-refractivity contribution in [2.75, 3.05) is 0 Å². The van der Waals surface area contributed by atoms with Gasteiger partial charge in [0, 0.05) is 25.5 Å². The highest BCUT2D eigenvalue weighted by molar-refractivity contribution is 5.80. The molecule has 2 aromatic heterocycles. The van der Waals surface area contributed by atoms with E-state index in [0.717, 1.165) is 29.2 Å². The van der Waals surface area contributed by atoms with Crippen LogP contribution in [0.25, 0.3) is 22.5 Å². The molecule has 0 aliphatic carbocycles. The molecule has 1 N–H and O–H groups in total. The molecule has 4 rings (SSSR count). The summed E-state index contributed by atoms with van der Waals surface area (Å²) in [6, 6.07) is 15.7. The third-order valence-corrected chi connectivity index (χ3v) is 4.58. The molecule has 148 valence electrons. The summed E-state index contributed by atoms with van der Waals surface area (Å²) in [4.78, 5) is 4.05. The molecule has 0 atom stereocenters. The number of rotatable bonds is 6. The Balaban J connectivity index is 1.61. The van der Waals surface area contributed by atoms with Crippen LogP contribution in [0.5, 0.6) is 0 Å². The van der Waals surface area contributed by atoms with Gasteiger partial charge in [0.15, 0.2) is 0 Å². The number of nitrogens with one attached hydrogen (secondary N) is 1. The third-order valence-electron chi connectivity index (χ3n) is 4.58. The number of hydrogen-bond donors (Lipinski definition) is 1. The minimum atomic E-state index is -3.06. The summed E-state index contributed by atoms with van der Waals surface area (Å²) in [6.07, 6.45) is 0.420. The van der Waals surface area contributed by atoms with Gasteiger partial charge in [-0.3, -0.25) is 0 Å². The standard InChI is InChI=1S/C20H19F2N7/c1-3-29-17(23-19(26-29)20(2,21)22)12-13-8-10-14(11-9-13)15-6-4-5-7-16(15)18-24-27-28-25-18/h4-11H,3,12H2,1-2H3,(H,24,25,27,28). The number of aryl methyl sites for hydroxylation is 1. The van der Waals surface area contributed by atoms with E-state index in [9.17, 15) is 8.78 Å². The van der Waals surface area contributed by atoms with Crippen molar-refractivity contribution >= 4 is 0 Å². The van der Waals surface area contributed by atoms with Crippen LogP contribution in [0.4, 0.5) is 8.78 Å². The summed E-state index contributed by atoms with van der Waals surface area (Å²) in [5.74, 6) is -2.46. The molecule has 0 amide bonds. The molecule has 0 fully saturated rings. The summed E-state index contributed by atoms with van der Waals surface area (Å²) in [6.45, 7) is 3.14. The number of H-pyrrole nitrogens is 1. The molecule has 7 nitrogen and oxygen atoms in total. The molecular formula is C20H19F2N7. The maximum Gasteiger partial charge on any atom is 0.305 e. The molecular weight excluding hydrogens is 376 g/mol. The number of benzene rings is 2. The fraction of sp³-hybridized carbons (Fsp3) is 0.250. The lowest BCUT2D eigenvalue weighted by atomic mass is 9.98. The second-order valence-electron chi connectivity index (χ2n) is 6.71. The fourth-order valence-electron chi connectivity index (χ4n) is 3.13. The van der Waals surface area contributed by atoms with E-state index >= 15 is 0 Å². The second kappa shape index (κ2) is 7.50. The fourth-order valence-corrected chi connectivity index (χ4v) is 3.13. The van der Waals surface area contributed by atoms with Gasteiger partial charge in [0.05, 0.1) is 0 Å². The molecule has 0 saturated carbocycles. The first-order valence-electron chi connectivity index (χ1n) is 9.20. The van der Waals surface area contributed by atoms with Crippen LogP contribution < -0.4 is 0 Å². The topological polar surface area (TPSA) is 85.2 Å². The molecule has 2 aromatic carbocycles. The van der Waals surface area contributed by atoms with Crippen molar-refractivity contribution in [2.45, 2.75) is 32.7 Å². The minimum Gasteiger partial charge on any atom is -0.250 e. The van der Waals surface area contributed by atoms with Crippen LogP contribution in [0.1, 0.15) is 31.1 Å². The van der Waals surface area contributed by atoms with E-state index in [1.54, 1.807) is 0 Å². The van der Waals surface area contributed by atoms with E-state index in [1.165, 1.54) is 4.68 Å². The number of nitrogens with zero attached hydrogens (tertiary/aromatic N) is 6. The molecule has 29 heavy (non-hydrogen) atoms. The quantitative estimate of drug-likeness (QED) is 0.536. The van der Waals surface area contributed by atoms with Gasteiger partial charge in [-0.2, -0.15) is 14.0 Å². The van der Waals surface area contributed by atoms with E-state index in [-0.39, 0.29) is 0 Å². The van der Waals surface area contributed by atoms with E-state index in [4.69, 9.17) is 0 Å². The lowest BCUT2D eigenvalue weighted by Gasteiger charge is -2.08. The predicted octanol–water partition coefficient (Wildman–Crippen LogP) is 3.85. The zero-order valence-corrected chi connectivity index (χ0v) is 16.0. The Morgan fingerprint density at radius 2 is 1.76 bits per heavy atom. The van der Waals surface area contributed by atoms with Crippen molar-refractivity contribution in [3.05, 3.63) is 65.7 Å². The average molecular weight is 395 g/mol. The first kappa shape index (κ1) is 18.9. The van der Waals surface area contributed by atoms with Crippen molar-refractivity contribution < 1.29 is 8.78 Å². The Morgan fingerprint density at radius 1 is 1.03 bits per heavy atom. The van der Waals surface area contributed by atoms with Gasteiger partial charge in [0.2, 0.25) is 11.6 Å². The first-order chi connectivity index (χ1) is 14.0. The van der Waals surface area contributed by atoms with Gasteiger partial charge in [-0.05, 0) is 28.8 Å². The SMILES string of the molecule is CCn1nc(C(C)(F)F)nc1Cc1ccc(-c2ccccc2-c2nn[nH]n2)cc1. The van der Waals surface area contributed by atoms with Crippen LogP contribution in [-0.4, -0.2) is 35.4 Å². The van der Waals surface area contributed by atoms with Crippen LogP contribution in [-0.2, 0) is 18.9 Å². The minimum absolute atomic E-state index is 0.420. The van der Waals surface area contributed by atoms with Gasteiger partial charge in [-0.15, -0.1) is 15.3 Å². The largest absolute Gasteiger partial charge is 0.305 e. The van der Waals surface area contributed by atoms with Gasteiger partial charge < -0.3 is 0 Å². The van der Waals surface area contributed by atoms with Crippen LogP contribution >= 0.6 is 0 Å². The van der Waals surface area contributed by atoms with Crippen LogP contribution in [0, 0.1) is 0 Å². The highest BCUT2D eigenvalue weighted by atomic mass is 19.3. The van der Waals surface area contributed by atoms with Gasteiger partial charge in [-0.25, -0.2) is 9.67 Å². The Morgan fingerprint density at radius 3 is 2.38 bits per heavy atom. The molecule has 0 unspecified atom stereocenters. The van der Waals surface area contributed by atoms with E-state index in [0.29, 0.717) is 24.6 Å². The Bertz CT molecular complexity index is 1100. The summed E-state index contributed by atoms with van der Waals surface area (Å²) in [7, 11) is 0. The van der Waals surface area contributed by atoms with Crippen molar-refractivity contribution in [3.8, 4) is 22.5 Å². The van der Waals surface area contributed by atoms with Gasteiger partial charge in [0.1, 0.15) is 5.82 Å². The number of halogens is 2. The molecule has 4 aromatic rings. The third kappa shape index (κ3) is 3.89. The van der Waals surface area contributed by atoms with Gasteiger partial charge >= 0.3 is 5.92 Å². The summed E-state index contributed by atoms with van der Waals surface area (Å²) in [5, 5.41) is 18.1. The molecule has 0 aliphatic rings. The van der Waals surface area contributed by atoms with Crippen molar-refractivity contribution in [1.82, 2.24) is 35.4 Å². The zero-order valence-electron chi connectivity index (χ0n) is 16.0. The number of tetrazole rings is 1. The van der Waals surface area contributed by atoms with Gasteiger partial charge in [0.25, 0.3) is 0 Å². The lowest BCUT2D eigenvalue weighted by molar-refractivity contribution is 0.00754. The van der Waals surface area contributed by atoms with Crippen LogP contribution in [0.15, 0.2) is 48.5 Å². The van der Waals surface area contributed by atoms with Gasteiger partial charge in [-0.1, -0.05) is 48.5 Å². The first-order valence-corrected chi connectivity index (χ1v) is 9.20. The molecule has 0 saturated heterocycles. The summed E-state index contributed by atoms with van der Waals surface area (Å²) in [5.41, 5.74) is 3.80. The van der Waals surface area contributed by atoms with Crippen LogP contribution in [0.2, 0.25) is 0 Å². The van der Waals surface area contributed by atoms with Crippen LogP contribution in [0.3, 0.4) is 0 Å². The number of alkyl halides is 2. The maximum atomic E-state index is 13.6. The Kier molecular flexibility index (Phi) is 4.87. The number of aromatic amines is 1. The Hall–Kier alpha value is -3.49. The van der Waals surface area contributed by atoms with Crippen molar-refractivity contribution in [1.29, 1.82) is 0 Å². The number of aromatic nitrogens is 7. The highest BCUT2D eigenvalue weighted by Crippen LogP contribution is 2.30.